The molecule has 1 aliphatic heterocycles. The van der Waals surface area contributed by atoms with Crippen LogP contribution >= 0.6 is 0 Å². The first-order valence-electron chi connectivity index (χ1n) is 10.7. The minimum Gasteiger partial charge on any atom is -0.348 e. The van der Waals surface area contributed by atoms with E-state index in [0.717, 1.165) is 43.4 Å². The highest BCUT2D eigenvalue weighted by Gasteiger charge is 2.25. The van der Waals surface area contributed by atoms with E-state index >= 15 is 0 Å². The molecule has 3 amide bonds. The van der Waals surface area contributed by atoms with Gasteiger partial charge < -0.3 is 15.5 Å². The molecule has 156 valence electrons. The second-order valence-electron chi connectivity index (χ2n) is 8.16. The van der Waals surface area contributed by atoms with Crippen molar-refractivity contribution in [2.75, 3.05) is 23.3 Å². The van der Waals surface area contributed by atoms with Gasteiger partial charge in [0.2, 0.25) is 5.91 Å². The van der Waals surface area contributed by atoms with Crippen LogP contribution in [0.3, 0.4) is 0 Å². The van der Waals surface area contributed by atoms with E-state index in [1.165, 1.54) is 18.4 Å². The van der Waals surface area contributed by atoms with Crippen molar-refractivity contribution in [1.29, 1.82) is 0 Å². The Hall–Kier alpha value is -2.63. The zero-order chi connectivity index (χ0) is 20.8. The largest absolute Gasteiger partial charge is 0.348 e. The van der Waals surface area contributed by atoms with Gasteiger partial charge in [-0.15, -0.1) is 0 Å². The number of allylic oxidation sites excluding steroid dienone is 1. The molecule has 1 heterocycles. The smallest absolute Gasteiger partial charge is 0.313 e. The summed E-state index contributed by atoms with van der Waals surface area (Å²) in [6.07, 6.45) is 9.44. The van der Waals surface area contributed by atoms with Crippen molar-refractivity contribution in [3.63, 3.8) is 0 Å². The van der Waals surface area contributed by atoms with Crippen LogP contribution in [0.2, 0.25) is 0 Å². The normalized spacial score (nSPS) is 16.1. The number of rotatable bonds is 5. The summed E-state index contributed by atoms with van der Waals surface area (Å²) >= 11 is 0. The van der Waals surface area contributed by atoms with Crippen molar-refractivity contribution in [3.05, 3.63) is 35.4 Å². The summed E-state index contributed by atoms with van der Waals surface area (Å²) in [5, 5.41) is 5.38. The average molecular weight is 398 g/mol. The maximum Gasteiger partial charge on any atom is 0.313 e. The Balaban J connectivity index is 1.56. The number of fused-ring (bicyclic) bond motifs is 1. The molecule has 2 N–H and O–H groups in total. The number of benzene rings is 1. The summed E-state index contributed by atoms with van der Waals surface area (Å²) in [4.78, 5) is 38.6. The number of nitrogens with one attached hydrogen (secondary N) is 2. The maximum atomic E-state index is 12.4. The first-order chi connectivity index (χ1) is 14.0. The predicted molar refractivity (Wildman–Crippen MR) is 115 cm³/mol. The lowest BCUT2D eigenvalue weighted by molar-refractivity contribution is -0.136. The standard InChI is InChI=1S/C23H31N3O3/c1-16(2)23(29)26-14-6-9-18-15-19(10-11-20(18)26)25-22(28)21(27)24-13-12-17-7-4-3-5-8-17/h7,10-11,15-16H,3-6,8-9,12-14H2,1-2H3,(H,24,27)(H,25,28). The van der Waals surface area contributed by atoms with Crippen LogP contribution in [-0.2, 0) is 20.8 Å². The van der Waals surface area contributed by atoms with Crippen LogP contribution in [0.4, 0.5) is 11.4 Å². The van der Waals surface area contributed by atoms with Gasteiger partial charge in [-0.2, -0.15) is 0 Å². The van der Waals surface area contributed by atoms with Crippen LogP contribution in [0.25, 0.3) is 0 Å². The fourth-order valence-corrected chi connectivity index (χ4v) is 3.95. The molecule has 0 fully saturated rings. The van der Waals surface area contributed by atoms with E-state index in [1.807, 2.05) is 30.9 Å². The van der Waals surface area contributed by atoms with Crippen molar-refractivity contribution >= 4 is 29.1 Å². The minimum absolute atomic E-state index is 0.0617. The van der Waals surface area contributed by atoms with E-state index < -0.39 is 11.8 Å². The minimum atomic E-state index is -0.659. The molecule has 0 bridgehead atoms. The fraction of sp³-hybridized carbons (Fsp3) is 0.522. The van der Waals surface area contributed by atoms with E-state index in [9.17, 15) is 14.4 Å². The molecule has 1 aromatic rings. The average Bonchev–Trinajstić information content (AvgIpc) is 2.73. The van der Waals surface area contributed by atoms with E-state index in [-0.39, 0.29) is 11.8 Å². The third kappa shape index (κ3) is 5.46. The molecule has 0 radical (unpaired) electrons. The first kappa shape index (κ1) is 21.1. The van der Waals surface area contributed by atoms with Gasteiger partial charge in [0.1, 0.15) is 0 Å². The van der Waals surface area contributed by atoms with Crippen LogP contribution in [-0.4, -0.2) is 30.8 Å². The summed E-state index contributed by atoms with van der Waals surface area (Å²) in [7, 11) is 0. The number of anilines is 2. The summed E-state index contributed by atoms with van der Waals surface area (Å²) in [6.45, 7) is 4.99. The molecule has 0 atom stereocenters. The van der Waals surface area contributed by atoms with Crippen LogP contribution in [0.5, 0.6) is 0 Å². The Morgan fingerprint density at radius 1 is 1.07 bits per heavy atom. The molecule has 0 spiro atoms. The van der Waals surface area contributed by atoms with Gasteiger partial charge in [-0.3, -0.25) is 14.4 Å². The zero-order valence-electron chi connectivity index (χ0n) is 17.4. The first-order valence-corrected chi connectivity index (χ1v) is 10.7. The molecular weight excluding hydrogens is 366 g/mol. The van der Waals surface area contributed by atoms with Crippen molar-refractivity contribution in [3.8, 4) is 0 Å². The van der Waals surface area contributed by atoms with Gasteiger partial charge in [0.05, 0.1) is 0 Å². The quantitative estimate of drug-likeness (QED) is 0.589. The Bertz CT molecular complexity index is 814. The molecule has 2 aliphatic rings. The van der Waals surface area contributed by atoms with E-state index in [0.29, 0.717) is 18.8 Å². The molecule has 0 saturated carbocycles. The number of carbonyl (C=O) groups is 3. The Morgan fingerprint density at radius 3 is 2.62 bits per heavy atom. The summed E-state index contributed by atoms with van der Waals surface area (Å²) in [5.41, 5.74) is 3.87. The van der Waals surface area contributed by atoms with Crippen LogP contribution < -0.4 is 15.5 Å². The monoisotopic (exact) mass is 397 g/mol. The number of amides is 3. The molecule has 0 saturated heterocycles. The van der Waals surface area contributed by atoms with Gasteiger partial charge in [-0.25, -0.2) is 0 Å². The highest BCUT2D eigenvalue weighted by atomic mass is 16.2. The molecular formula is C23H31N3O3. The van der Waals surface area contributed by atoms with E-state index in [2.05, 4.69) is 16.7 Å². The highest BCUT2D eigenvalue weighted by Crippen LogP contribution is 2.30. The van der Waals surface area contributed by atoms with Crippen LogP contribution in [0.1, 0.15) is 57.9 Å². The number of carbonyl (C=O) groups excluding carboxylic acids is 3. The SMILES string of the molecule is CC(C)C(=O)N1CCCc2cc(NC(=O)C(=O)NCCC3=CCCCC3)ccc21. The molecule has 6 nitrogen and oxygen atoms in total. The van der Waals surface area contributed by atoms with Crippen molar-refractivity contribution in [2.24, 2.45) is 5.92 Å². The summed E-state index contributed by atoms with van der Waals surface area (Å²) in [6, 6.07) is 5.48. The molecule has 1 aliphatic carbocycles. The van der Waals surface area contributed by atoms with Gasteiger partial charge in [-0.05, 0) is 68.7 Å². The second-order valence-corrected chi connectivity index (χ2v) is 8.16. The zero-order valence-corrected chi connectivity index (χ0v) is 17.4. The predicted octanol–water partition coefficient (Wildman–Crippen LogP) is 3.57. The summed E-state index contributed by atoms with van der Waals surface area (Å²) < 4.78 is 0. The van der Waals surface area contributed by atoms with Gasteiger partial charge in [0.25, 0.3) is 0 Å². The van der Waals surface area contributed by atoms with E-state index in [1.54, 1.807) is 6.07 Å². The Labute approximate surface area is 172 Å². The van der Waals surface area contributed by atoms with Crippen molar-refractivity contribution in [1.82, 2.24) is 5.32 Å². The molecule has 0 aromatic heterocycles. The van der Waals surface area contributed by atoms with Gasteiger partial charge in [-0.1, -0.05) is 25.5 Å². The Kier molecular flexibility index (Phi) is 7.07. The molecule has 3 rings (SSSR count). The second kappa shape index (κ2) is 9.72. The lowest BCUT2D eigenvalue weighted by Crippen LogP contribution is -2.38. The number of aryl methyl sites for hydroxylation is 1. The molecule has 6 heteroatoms. The van der Waals surface area contributed by atoms with Gasteiger partial charge in [0.15, 0.2) is 0 Å². The molecule has 29 heavy (non-hydrogen) atoms. The van der Waals surface area contributed by atoms with Gasteiger partial charge in [0, 0.05) is 30.4 Å². The van der Waals surface area contributed by atoms with Crippen molar-refractivity contribution in [2.45, 2.75) is 58.8 Å². The van der Waals surface area contributed by atoms with Gasteiger partial charge >= 0.3 is 11.8 Å². The number of nitrogens with zero attached hydrogens (tertiary/aromatic N) is 1. The highest BCUT2D eigenvalue weighted by molar-refractivity contribution is 6.39. The Morgan fingerprint density at radius 2 is 1.90 bits per heavy atom. The molecule has 1 aromatic carbocycles. The third-order valence-corrected chi connectivity index (χ3v) is 5.54. The topological polar surface area (TPSA) is 78.5 Å². The number of hydrogen-bond donors (Lipinski definition) is 2. The van der Waals surface area contributed by atoms with Crippen molar-refractivity contribution < 1.29 is 14.4 Å². The lowest BCUT2D eigenvalue weighted by Gasteiger charge is -2.31. The molecule has 0 unspecified atom stereocenters. The van der Waals surface area contributed by atoms with E-state index in [4.69, 9.17) is 0 Å². The number of hydrogen-bond acceptors (Lipinski definition) is 3. The maximum absolute atomic E-state index is 12.4. The lowest BCUT2D eigenvalue weighted by atomic mass is 9.97. The van der Waals surface area contributed by atoms with Crippen LogP contribution in [0, 0.1) is 5.92 Å². The fourth-order valence-electron chi connectivity index (χ4n) is 3.95. The van der Waals surface area contributed by atoms with Crippen LogP contribution in [0.15, 0.2) is 29.8 Å². The summed E-state index contributed by atoms with van der Waals surface area (Å²) in [5.74, 6) is -1.23. The third-order valence-electron chi connectivity index (χ3n) is 5.54.